The van der Waals surface area contributed by atoms with Gasteiger partial charge in [0.25, 0.3) is 0 Å². The molecule has 0 radical (unpaired) electrons. The van der Waals surface area contributed by atoms with Gasteiger partial charge in [0.15, 0.2) is 0 Å². The summed E-state index contributed by atoms with van der Waals surface area (Å²) in [4.78, 5) is 29.5. The summed E-state index contributed by atoms with van der Waals surface area (Å²) in [5.74, 6) is 0.736. The highest BCUT2D eigenvalue weighted by Gasteiger charge is 2.59. The highest BCUT2D eigenvalue weighted by Crippen LogP contribution is 2.60. The van der Waals surface area contributed by atoms with Gasteiger partial charge in [0.1, 0.15) is 0 Å². The van der Waals surface area contributed by atoms with Crippen molar-refractivity contribution in [2.45, 2.75) is 64.6 Å². The van der Waals surface area contributed by atoms with E-state index in [0.717, 1.165) is 57.2 Å². The Kier molecular flexibility index (Phi) is 4.38. The molecule has 2 heterocycles. The first kappa shape index (κ1) is 17.1. The van der Waals surface area contributed by atoms with Gasteiger partial charge >= 0.3 is 0 Å². The van der Waals surface area contributed by atoms with Gasteiger partial charge in [0, 0.05) is 37.7 Å². The van der Waals surface area contributed by atoms with Crippen LogP contribution in [0.2, 0.25) is 0 Å². The fourth-order valence-electron chi connectivity index (χ4n) is 5.05. The number of nitrogens with zero attached hydrogens (tertiary/aromatic N) is 2. The van der Waals surface area contributed by atoms with Crippen LogP contribution in [0.4, 0.5) is 0 Å². The molecule has 0 N–H and O–H groups in total. The van der Waals surface area contributed by atoms with E-state index in [4.69, 9.17) is 4.74 Å². The summed E-state index contributed by atoms with van der Waals surface area (Å²) in [6.07, 6.45) is 8.44. The molecular weight excluding hydrogens is 316 g/mol. The second-order valence-electron chi connectivity index (χ2n) is 8.53. The predicted molar refractivity (Wildman–Crippen MR) is 94.9 cm³/mol. The van der Waals surface area contributed by atoms with E-state index in [1.807, 2.05) is 23.6 Å². The van der Waals surface area contributed by atoms with Crippen molar-refractivity contribution in [1.29, 1.82) is 0 Å². The van der Waals surface area contributed by atoms with Crippen molar-refractivity contribution in [3.63, 3.8) is 0 Å². The van der Waals surface area contributed by atoms with E-state index in [9.17, 15) is 9.59 Å². The summed E-state index contributed by atoms with van der Waals surface area (Å²) in [5.41, 5.74) is 1.18. The normalized spacial score (nSPS) is 34.2. The van der Waals surface area contributed by atoms with Crippen LogP contribution in [0.25, 0.3) is 0 Å². The molecule has 0 bridgehead atoms. The summed E-state index contributed by atoms with van der Waals surface area (Å²) in [5, 5.41) is 0. The number of hydrogen-bond donors (Lipinski definition) is 0. The molecule has 138 valence electrons. The Morgan fingerprint density at radius 3 is 2.40 bits per heavy atom. The number of carbonyl (C=O) groups is 2. The van der Waals surface area contributed by atoms with Crippen molar-refractivity contribution >= 4 is 11.8 Å². The van der Waals surface area contributed by atoms with Crippen LogP contribution in [-0.4, -0.2) is 60.0 Å². The molecule has 0 aromatic rings. The summed E-state index contributed by atoms with van der Waals surface area (Å²) in [6, 6.07) is 0. The van der Waals surface area contributed by atoms with Crippen LogP contribution in [0.15, 0.2) is 11.6 Å². The van der Waals surface area contributed by atoms with E-state index in [-0.39, 0.29) is 29.4 Å². The van der Waals surface area contributed by atoms with Crippen molar-refractivity contribution in [2.75, 3.05) is 26.2 Å². The van der Waals surface area contributed by atoms with Gasteiger partial charge in [-0.05, 0) is 57.8 Å². The predicted octanol–water partition coefficient (Wildman–Crippen LogP) is 2.36. The lowest BCUT2D eigenvalue weighted by atomic mass is 9.90. The third kappa shape index (κ3) is 3.23. The zero-order valence-electron chi connectivity index (χ0n) is 15.5. The molecule has 2 saturated heterocycles. The van der Waals surface area contributed by atoms with Gasteiger partial charge in [0.2, 0.25) is 11.8 Å². The van der Waals surface area contributed by atoms with Crippen LogP contribution < -0.4 is 0 Å². The molecule has 2 amide bonds. The molecule has 5 nitrogen and oxygen atoms in total. The van der Waals surface area contributed by atoms with Crippen molar-refractivity contribution < 1.29 is 14.3 Å². The molecule has 1 spiro atoms. The van der Waals surface area contributed by atoms with Crippen LogP contribution in [0.5, 0.6) is 0 Å². The second-order valence-corrected chi connectivity index (χ2v) is 8.53. The number of piperidine rings is 1. The third-order valence-corrected chi connectivity index (χ3v) is 6.58. The molecule has 0 aromatic carbocycles. The third-order valence-electron chi connectivity index (χ3n) is 6.58. The average Bonchev–Trinajstić information content (AvgIpc) is 3.03. The fourth-order valence-corrected chi connectivity index (χ4v) is 5.05. The van der Waals surface area contributed by atoms with Crippen LogP contribution in [-0.2, 0) is 14.3 Å². The lowest BCUT2D eigenvalue weighted by molar-refractivity contribution is -0.145. The Morgan fingerprint density at radius 2 is 1.80 bits per heavy atom. The van der Waals surface area contributed by atoms with Crippen molar-refractivity contribution in [3.8, 4) is 0 Å². The quantitative estimate of drug-likeness (QED) is 0.771. The van der Waals surface area contributed by atoms with E-state index in [0.29, 0.717) is 19.0 Å². The Bertz CT molecular complexity index is 582. The van der Waals surface area contributed by atoms with E-state index >= 15 is 0 Å². The van der Waals surface area contributed by atoms with Crippen LogP contribution >= 0.6 is 0 Å². The summed E-state index contributed by atoms with van der Waals surface area (Å²) in [6.45, 7) is 7.15. The highest BCUT2D eigenvalue weighted by atomic mass is 16.5. The highest BCUT2D eigenvalue weighted by molar-refractivity contribution is 5.94. The monoisotopic (exact) mass is 346 g/mol. The van der Waals surface area contributed by atoms with Crippen molar-refractivity contribution in [3.05, 3.63) is 11.6 Å². The zero-order chi connectivity index (χ0) is 17.6. The van der Waals surface area contributed by atoms with Crippen molar-refractivity contribution in [2.24, 2.45) is 11.3 Å². The van der Waals surface area contributed by atoms with Crippen molar-refractivity contribution in [1.82, 2.24) is 9.80 Å². The first-order valence-corrected chi connectivity index (χ1v) is 9.91. The maximum absolute atomic E-state index is 12.9. The molecule has 1 saturated carbocycles. The summed E-state index contributed by atoms with van der Waals surface area (Å²) in [7, 11) is 0. The zero-order valence-corrected chi connectivity index (χ0v) is 15.5. The molecular formula is C20H30N2O3. The van der Waals surface area contributed by atoms with Crippen LogP contribution in [0, 0.1) is 11.3 Å². The second kappa shape index (κ2) is 6.42. The Morgan fingerprint density at radius 1 is 1.12 bits per heavy atom. The molecule has 5 heteroatoms. The molecule has 4 aliphatic rings. The minimum absolute atomic E-state index is 0.126. The number of allylic oxidation sites excluding steroid dienone is 1. The first-order chi connectivity index (χ1) is 12.0. The fraction of sp³-hybridized carbons (Fsp3) is 0.800. The number of rotatable bonds is 2. The number of likely N-dealkylation sites (tertiary alicyclic amines) is 1. The van der Waals surface area contributed by atoms with E-state index in [1.54, 1.807) is 0 Å². The van der Waals surface area contributed by atoms with Gasteiger partial charge in [-0.15, -0.1) is 0 Å². The standard InChI is InChI=1S/C20H30N2O3/c1-14-12-22(13-15(2)25-14)19(24)17-11-20(17)7-9-21(10-8-20)18(23)16-5-3-4-6-16/h5,14-15,17H,3-4,6-13H2,1-2H3/t14-,15+,17?. The van der Waals surface area contributed by atoms with E-state index in [2.05, 4.69) is 6.08 Å². The molecule has 1 unspecified atom stereocenters. The maximum atomic E-state index is 12.9. The van der Waals surface area contributed by atoms with E-state index in [1.165, 1.54) is 0 Å². The number of amides is 2. The summed E-state index contributed by atoms with van der Waals surface area (Å²) >= 11 is 0. The Balaban J connectivity index is 1.32. The molecule has 0 aromatic heterocycles. The molecule has 2 aliphatic heterocycles. The minimum Gasteiger partial charge on any atom is -0.372 e. The van der Waals surface area contributed by atoms with Crippen LogP contribution in [0.1, 0.15) is 52.4 Å². The molecule has 3 fully saturated rings. The van der Waals surface area contributed by atoms with Gasteiger partial charge < -0.3 is 14.5 Å². The first-order valence-electron chi connectivity index (χ1n) is 9.91. The van der Waals surface area contributed by atoms with E-state index < -0.39 is 0 Å². The van der Waals surface area contributed by atoms with Crippen LogP contribution in [0.3, 0.4) is 0 Å². The lowest BCUT2D eigenvalue weighted by Crippen LogP contribution is -2.49. The topological polar surface area (TPSA) is 49.9 Å². The number of hydrogen-bond acceptors (Lipinski definition) is 3. The average molecular weight is 346 g/mol. The molecule has 4 rings (SSSR count). The molecule has 25 heavy (non-hydrogen) atoms. The number of carbonyl (C=O) groups excluding carboxylic acids is 2. The minimum atomic E-state index is 0.126. The summed E-state index contributed by atoms with van der Waals surface area (Å²) < 4.78 is 5.75. The molecule has 2 aliphatic carbocycles. The number of ether oxygens (including phenoxy) is 1. The Hall–Kier alpha value is -1.36. The smallest absolute Gasteiger partial charge is 0.249 e. The van der Waals surface area contributed by atoms with Gasteiger partial charge in [0.05, 0.1) is 12.2 Å². The van der Waals surface area contributed by atoms with Gasteiger partial charge in [-0.2, -0.15) is 0 Å². The largest absolute Gasteiger partial charge is 0.372 e. The lowest BCUT2D eigenvalue weighted by Gasteiger charge is -2.37. The SMILES string of the molecule is C[C@@H]1CN(C(=O)C2CC23CCN(C(=O)C2=CCCC2)CC3)C[C@H](C)O1. The maximum Gasteiger partial charge on any atom is 0.249 e. The van der Waals surface area contributed by atoms with Gasteiger partial charge in [-0.1, -0.05) is 6.08 Å². The molecule has 3 atom stereocenters. The van der Waals surface area contributed by atoms with Gasteiger partial charge in [-0.25, -0.2) is 0 Å². The van der Waals surface area contributed by atoms with Gasteiger partial charge in [-0.3, -0.25) is 9.59 Å². The number of morpholine rings is 1. The Labute approximate surface area is 150 Å².